The van der Waals surface area contributed by atoms with Crippen molar-refractivity contribution in [3.05, 3.63) is 65.5 Å². The minimum atomic E-state index is -0.107. The van der Waals surface area contributed by atoms with Crippen molar-refractivity contribution in [3.8, 4) is 17.1 Å². The molecule has 1 heterocycles. The van der Waals surface area contributed by atoms with Gasteiger partial charge in [-0.2, -0.15) is 4.98 Å². The van der Waals surface area contributed by atoms with E-state index in [2.05, 4.69) is 10.1 Å². The fraction of sp³-hybridized carbons (Fsp3) is 0.348. The zero-order valence-electron chi connectivity index (χ0n) is 17.5. The topological polar surface area (TPSA) is 68.5 Å². The Morgan fingerprint density at radius 3 is 2.55 bits per heavy atom. The Hall–Kier alpha value is -3.15. The first-order valence-corrected chi connectivity index (χ1v) is 9.81. The summed E-state index contributed by atoms with van der Waals surface area (Å²) in [6.07, 6.45) is 0.0417. The molecule has 152 valence electrons. The number of aryl methyl sites for hydroxylation is 1. The Morgan fingerprint density at radius 1 is 1.10 bits per heavy atom. The van der Waals surface area contributed by atoms with Gasteiger partial charge in [-0.05, 0) is 58.9 Å². The third kappa shape index (κ3) is 5.22. The number of aromatic nitrogens is 2. The van der Waals surface area contributed by atoms with Gasteiger partial charge in [-0.15, -0.1) is 0 Å². The lowest BCUT2D eigenvalue weighted by Gasteiger charge is -2.25. The maximum Gasteiger partial charge on any atom is 0.254 e. The second-order valence-corrected chi connectivity index (χ2v) is 7.60. The molecule has 0 fully saturated rings. The summed E-state index contributed by atoms with van der Waals surface area (Å²) in [4.78, 5) is 19.3. The lowest BCUT2D eigenvalue weighted by molar-refractivity contribution is 0.0666. The molecule has 29 heavy (non-hydrogen) atoms. The summed E-state index contributed by atoms with van der Waals surface area (Å²) in [6.45, 7) is 10.1. The van der Waals surface area contributed by atoms with Gasteiger partial charge >= 0.3 is 0 Å². The van der Waals surface area contributed by atoms with Crippen LogP contribution in [0.1, 0.15) is 49.5 Å². The molecule has 3 rings (SSSR count). The number of hydrogen-bond donors (Lipinski definition) is 0. The molecule has 0 atom stereocenters. The fourth-order valence-corrected chi connectivity index (χ4v) is 3.00. The molecule has 0 bridgehead atoms. The normalized spacial score (nSPS) is 11.1. The molecule has 1 aromatic heterocycles. The van der Waals surface area contributed by atoms with E-state index in [9.17, 15) is 4.79 Å². The number of rotatable bonds is 7. The largest absolute Gasteiger partial charge is 0.491 e. The van der Waals surface area contributed by atoms with E-state index in [1.807, 2.05) is 71.0 Å². The molecule has 0 radical (unpaired) electrons. The van der Waals surface area contributed by atoms with Crippen LogP contribution in [-0.4, -0.2) is 33.1 Å². The molecule has 0 aliphatic carbocycles. The summed E-state index contributed by atoms with van der Waals surface area (Å²) in [5, 5.41) is 4.07. The van der Waals surface area contributed by atoms with Crippen molar-refractivity contribution >= 4 is 5.91 Å². The van der Waals surface area contributed by atoms with Crippen molar-refractivity contribution in [2.45, 2.75) is 53.3 Å². The molecule has 6 heteroatoms. The smallest absolute Gasteiger partial charge is 0.254 e. The second kappa shape index (κ2) is 8.90. The van der Waals surface area contributed by atoms with Crippen LogP contribution in [0.3, 0.4) is 0 Å². The third-order valence-corrected chi connectivity index (χ3v) is 4.39. The predicted octanol–water partition coefficient (Wildman–Crippen LogP) is 4.88. The highest BCUT2D eigenvalue weighted by molar-refractivity contribution is 5.94. The van der Waals surface area contributed by atoms with E-state index in [4.69, 9.17) is 9.26 Å². The molecule has 0 saturated heterocycles. The van der Waals surface area contributed by atoms with Crippen LogP contribution in [0.4, 0.5) is 0 Å². The molecule has 0 aliphatic heterocycles. The van der Waals surface area contributed by atoms with E-state index in [-0.39, 0.29) is 24.6 Å². The lowest BCUT2D eigenvalue weighted by atomic mass is 10.1. The van der Waals surface area contributed by atoms with Gasteiger partial charge in [0.15, 0.2) is 0 Å². The number of amides is 1. The molecular weight excluding hydrogens is 366 g/mol. The van der Waals surface area contributed by atoms with Crippen molar-refractivity contribution in [1.29, 1.82) is 0 Å². The molecule has 3 aromatic rings. The first-order valence-electron chi connectivity index (χ1n) is 9.81. The maximum absolute atomic E-state index is 13.1. The van der Waals surface area contributed by atoms with Gasteiger partial charge in [0.2, 0.25) is 11.7 Å². The van der Waals surface area contributed by atoms with E-state index in [1.165, 1.54) is 0 Å². The average Bonchev–Trinajstić information content (AvgIpc) is 3.14. The van der Waals surface area contributed by atoms with E-state index < -0.39 is 0 Å². The summed E-state index contributed by atoms with van der Waals surface area (Å²) in [7, 11) is 0. The monoisotopic (exact) mass is 393 g/mol. The van der Waals surface area contributed by atoms with Crippen LogP contribution in [0.25, 0.3) is 11.4 Å². The van der Waals surface area contributed by atoms with Crippen molar-refractivity contribution in [1.82, 2.24) is 15.0 Å². The Balaban J connectivity index is 1.80. The van der Waals surface area contributed by atoms with Gasteiger partial charge < -0.3 is 14.2 Å². The molecule has 0 aliphatic rings. The molecular formula is C23H27N3O3. The third-order valence-electron chi connectivity index (χ3n) is 4.39. The van der Waals surface area contributed by atoms with Crippen LogP contribution in [0, 0.1) is 6.92 Å². The molecule has 1 amide bonds. The second-order valence-electron chi connectivity index (χ2n) is 7.60. The standard InChI is InChI=1S/C23H27N3O3/c1-15(2)26(23(27)19-10-7-11-20(13-19)28-16(3)4)14-21-24-22(25-29-21)18-9-6-8-17(5)12-18/h6-13,15-16H,14H2,1-5H3. The molecule has 6 nitrogen and oxygen atoms in total. The highest BCUT2D eigenvalue weighted by Crippen LogP contribution is 2.21. The van der Waals surface area contributed by atoms with Gasteiger partial charge in [0.25, 0.3) is 5.91 Å². The Kier molecular flexibility index (Phi) is 6.32. The molecule has 0 saturated carbocycles. The SMILES string of the molecule is Cc1cccc(-c2noc(CN(C(=O)c3cccc(OC(C)C)c3)C(C)C)n2)c1. The minimum absolute atomic E-state index is 0.0357. The Bertz CT molecular complexity index is 979. The number of benzene rings is 2. The molecule has 0 N–H and O–H groups in total. The van der Waals surface area contributed by atoms with E-state index in [0.717, 1.165) is 11.1 Å². The van der Waals surface area contributed by atoms with E-state index in [1.54, 1.807) is 17.0 Å². The average molecular weight is 393 g/mol. The number of nitrogens with zero attached hydrogens (tertiary/aromatic N) is 3. The first-order chi connectivity index (χ1) is 13.8. The molecule has 0 spiro atoms. The highest BCUT2D eigenvalue weighted by Gasteiger charge is 2.22. The summed E-state index contributed by atoms with van der Waals surface area (Å²) in [6, 6.07) is 15.1. The molecule has 0 unspecified atom stereocenters. The van der Waals surface area contributed by atoms with Crippen molar-refractivity contribution in [2.75, 3.05) is 0 Å². The van der Waals surface area contributed by atoms with E-state index in [0.29, 0.717) is 23.0 Å². The minimum Gasteiger partial charge on any atom is -0.491 e. The summed E-state index contributed by atoms with van der Waals surface area (Å²) < 4.78 is 11.1. The number of ether oxygens (including phenoxy) is 1. The maximum atomic E-state index is 13.1. The number of carbonyl (C=O) groups excluding carboxylic acids is 1. The zero-order valence-corrected chi connectivity index (χ0v) is 17.5. The number of hydrogen-bond acceptors (Lipinski definition) is 5. The Morgan fingerprint density at radius 2 is 1.86 bits per heavy atom. The Labute approximate surface area is 171 Å². The number of carbonyl (C=O) groups is 1. The van der Waals surface area contributed by atoms with Crippen LogP contribution in [0.15, 0.2) is 53.1 Å². The molecule has 2 aromatic carbocycles. The van der Waals surface area contributed by atoms with Gasteiger partial charge in [-0.3, -0.25) is 4.79 Å². The van der Waals surface area contributed by atoms with Crippen LogP contribution in [0.5, 0.6) is 5.75 Å². The summed E-state index contributed by atoms with van der Waals surface area (Å²) in [5.74, 6) is 1.49. The summed E-state index contributed by atoms with van der Waals surface area (Å²) in [5.41, 5.74) is 2.58. The zero-order chi connectivity index (χ0) is 21.0. The van der Waals surface area contributed by atoms with E-state index >= 15 is 0 Å². The van der Waals surface area contributed by atoms with Crippen LogP contribution < -0.4 is 4.74 Å². The van der Waals surface area contributed by atoms with Gasteiger partial charge in [0.1, 0.15) is 12.3 Å². The van der Waals surface area contributed by atoms with Gasteiger partial charge in [-0.1, -0.05) is 35.0 Å². The predicted molar refractivity (Wildman–Crippen MR) is 112 cm³/mol. The quantitative estimate of drug-likeness (QED) is 0.572. The van der Waals surface area contributed by atoms with Gasteiger partial charge in [-0.25, -0.2) is 0 Å². The lowest BCUT2D eigenvalue weighted by Crippen LogP contribution is -2.36. The van der Waals surface area contributed by atoms with Gasteiger partial charge in [0, 0.05) is 17.2 Å². The fourth-order valence-electron chi connectivity index (χ4n) is 3.00. The first kappa shape index (κ1) is 20.6. The van der Waals surface area contributed by atoms with Crippen molar-refractivity contribution in [3.63, 3.8) is 0 Å². The van der Waals surface area contributed by atoms with Crippen molar-refractivity contribution in [2.24, 2.45) is 0 Å². The van der Waals surface area contributed by atoms with Crippen molar-refractivity contribution < 1.29 is 14.1 Å². The van der Waals surface area contributed by atoms with Crippen LogP contribution >= 0.6 is 0 Å². The van der Waals surface area contributed by atoms with Crippen LogP contribution in [-0.2, 0) is 6.54 Å². The van der Waals surface area contributed by atoms with Gasteiger partial charge in [0.05, 0.1) is 6.10 Å². The summed E-state index contributed by atoms with van der Waals surface area (Å²) >= 11 is 0. The van der Waals surface area contributed by atoms with Crippen LogP contribution in [0.2, 0.25) is 0 Å². The highest BCUT2D eigenvalue weighted by atomic mass is 16.5.